The van der Waals surface area contributed by atoms with Crippen molar-refractivity contribution in [2.75, 3.05) is 5.32 Å². The van der Waals surface area contributed by atoms with E-state index in [1.165, 1.54) is 6.20 Å². The molecule has 3 N–H and O–H groups in total. The zero-order valence-corrected chi connectivity index (χ0v) is 13.0. The topological polar surface area (TPSA) is 104 Å². The lowest BCUT2D eigenvalue weighted by atomic mass is 10.2. The summed E-state index contributed by atoms with van der Waals surface area (Å²) >= 11 is 0. The van der Waals surface area contributed by atoms with E-state index in [9.17, 15) is 9.59 Å². The number of anilines is 1. The molecule has 0 aliphatic rings. The molecule has 0 fully saturated rings. The summed E-state index contributed by atoms with van der Waals surface area (Å²) in [6.07, 6.45) is 2.31. The Hall–Kier alpha value is -3.74. The second-order valence-corrected chi connectivity index (χ2v) is 5.46. The van der Waals surface area contributed by atoms with Crippen molar-refractivity contribution >= 4 is 28.9 Å². The number of hydrogen-bond acceptors (Lipinski definition) is 4. The van der Waals surface area contributed by atoms with Gasteiger partial charge in [-0.3, -0.25) is 14.7 Å². The summed E-state index contributed by atoms with van der Waals surface area (Å²) in [4.78, 5) is 30.8. The van der Waals surface area contributed by atoms with E-state index >= 15 is 0 Å². The van der Waals surface area contributed by atoms with Crippen LogP contribution in [0.1, 0.15) is 20.7 Å². The van der Waals surface area contributed by atoms with Crippen LogP contribution < -0.4 is 5.32 Å². The maximum Gasteiger partial charge on any atom is 0.255 e. The predicted molar refractivity (Wildman–Crippen MR) is 93.5 cm³/mol. The van der Waals surface area contributed by atoms with Crippen molar-refractivity contribution in [2.45, 2.75) is 0 Å². The molecule has 122 valence electrons. The predicted octanol–water partition coefficient (Wildman–Crippen LogP) is 3.02. The zero-order chi connectivity index (χ0) is 17.2. The highest BCUT2D eigenvalue weighted by Crippen LogP contribution is 2.26. The highest BCUT2D eigenvalue weighted by Gasteiger charge is 2.15. The van der Waals surface area contributed by atoms with Gasteiger partial charge in [-0.25, -0.2) is 4.98 Å². The lowest BCUT2D eigenvalue weighted by Gasteiger charge is -2.04. The summed E-state index contributed by atoms with van der Waals surface area (Å²) in [6.45, 7) is 0. The monoisotopic (exact) mass is 331 g/mol. The number of aldehydes is 1. The average Bonchev–Trinajstić information content (AvgIpc) is 3.27. The number of nitrogens with zero attached hydrogens (tertiary/aromatic N) is 2. The van der Waals surface area contributed by atoms with Gasteiger partial charge >= 0.3 is 0 Å². The molecular formula is C18H13N5O2. The SMILES string of the molecule is O=Cc1ccc2nc(-c3[nH]ncc3NC(=O)c3ccccc3)[nH]c2c1. The van der Waals surface area contributed by atoms with E-state index in [1.54, 1.807) is 42.5 Å². The van der Waals surface area contributed by atoms with Crippen LogP contribution in [-0.2, 0) is 0 Å². The van der Waals surface area contributed by atoms with E-state index in [0.717, 1.165) is 17.3 Å². The molecule has 0 aliphatic carbocycles. The van der Waals surface area contributed by atoms with Gasteiger partial charge in [0.1, 0.15) is 12.0 Å². The van der Waals surface area contributed by atoms with Gasteiger partial charge < -0.3 is 10.3 Å². The molecule has 4 aromatic rings. The maximum absolute atomic E-state index is 12.3. The van der Waals surface area contributed by atoms with E-state index < -0.39 is 0 Å². The number of carbonyl (C=O) groups excluding carboxylic acids is 2. The number of carbonyl (C=O) groups is 2. The van der Waals surface area contributed by atoms with E-state index in [-0.39, 0.29) is 5.91 Å². The molecule has 4 rings (SSSR count). The fourth-order valence-electron chi connectivity index (χ4n) is 2.56. The maximum atomic E-state index is 12.3. The Balaban J connectivity index is 1.67. The van der Waals surface area contributed by atoms with Crippen molar-refractivity contribution in [2.24, 2.45) is 0 Å². The Kier molecular flexibility index (Phi) is 3.59. The summed E-state index contributed by atoms with van der Waals surface area (Å²) in [6, 6.07) is 14.1. The normalized spacial score (nSPS) is 10.7. The summed E-state index contributed by atoms with van der Waals surface area (Å²) in [5.74, 6) is 0.293. The highest BCUT2D eigenvalue weighted by molar-refractivity contribution is 6.05. The van der Waals surface area contributed by atoms with Crippen LogP contribution in [0.4, 0.5) is 5.69 Å². The Morgan fingerprint density at radius 3 is 2.76 bits per heavy atom. The molecule has 7 nitrogen and oxygen atoms in total. The number of imidazole rings is 1. The molecule has 0 unspecified atom stereocenters. The number of fused-ring (bicyclic) bond motifs is 1. The first-order chi connectivity index (χ1) is 12.2. The molecule has 2 aromatic carbocycles. The molecular weight excluding hydrogens is 318 g/mol. The number of H-pyrrole nitrogens is 2. The molecule has 2 heterocycles. The van der Waals surface area contributed by atoms with Crippen molar-refractivity contribution in [1.82, 2.24) is 20.2 Å². The zero-order valence-electron chi connectivity index (χ0n) is 13.0. The minimum Gasteiger partial charge on any atom is -0.337 e. The summed E-state index contributed by atoms with van der Waals surface area (Å²) < 4.78 is 0. The Morgan fingerprint density at radius 2 is 1.96 bits per heavy atom. The number of hydrogen-bond donors (Lipinski definition) is 3. The second kappa shape index (κ2) is 6.04. The molecule has 1 amide bonds. The van der Waals surface area contributed by atoms with Crippen LogP contribution in [0, 0.1) is 0 Å². The number of aromatic amines is 2. The van der Waals surface area contributed by atoms with Gasteiger partial charge in [0.15, 0.2) is 5.82 Å². The van der Waals surface area contributed by atoms with Crippen molar-refractivity contribution in [3.63, 3.8) is 0 Å². The third kappa shape index (κ3) is 2.78. The molecule has 25 heavy (non-hydrogen) atoms. The third-order valence-corrected chi connectivity index (χ3v) is 3.80. The second-order valence-electron chi connectivity index (χ2n) is 5.46. The number of aromatic nitrogens is 4. The van der Waals surface area contributed by atoms with E-state index in [1.807, 2.05) is 6.07 Å². The van der Waals surface area contributed by atoms with Crippen LogP contribution in [0.15, 0.2) is 54.7 Å². The molecule has 0 saturated heterocycles. The first-order valence-corrected chi connectivity index (χ1v) is 7.59. The van der Waals surface area contributed by atoms with Crippen LogP contribution in [0.2, 0.25) is 0 Å². The van der Waals surface area contributed by atoms with Gasteiger partial charge in [-0.15, -0.1) is 0 Å². The first-order valence-electron chi connectivity index (χ1n) is 7.59. The largest absolute Gasteiger partial charge is 0.337 e. The van der Waals surface area contributed by atoms with Crippen LogP contribution in [0.3, 0.4) is 0 Å². The van der Waals surface area contributed by atoms with Gasteiger partial charge in [0.25, 0.3) is 5.91 Å². The van der Waals surface area contributed by atoms with Crippen LogP contribution in [0.5, 0.6) is 0 Å². The molecule has 0 aliphatic heterocycles. The van der Waals surface area contributed by atoms with Gasteiger partial charge in [-0.2, -0.15) is 5.10 Å². The summed E-state index contributed by atoms with van der Waals surface area (Å²) in [5.41, 5.74) is 3.64. The van der Waals surface area contributed by atoms with Gasteiger partial charge in [0.05, 0.1) is 22.9 Å². The van der Waals surface area contributed by atoms with Gasteiger partial charge in [0, 0.05) is 11.1 Å². The molecule has 0 spiro atoms. The first kappa shape index (κ1) is 14.8. The molecule has 0 radical (unpaired) electrons. The fraction of sp³-hybridized carbons (Fsp3) is 0. The third-order valence-electron chi connectivity index (χ3n) is 3.80. The quantitative estimate of drug-likeness (QED) is 0.500. The Morgan fingerprint density at radius 1 is 1.12 bits per heavy atom. The van der Waals surface area contributed by atoms with Crippen molar-refractivity contribution in [3.05, 3.63) is 65.9 Å². The molecule has 0 bridgehead atoms. The molecule has 2 aromatic heterocycles. The van der Waals surface area contributed by atoms with Crippen molar-refractivity contribution in [3.8, 4) is 11.5 Å². The number of amides is 1. The lowest BCUT2D eigenvalue weighted by molar-refractivity contribution is 0.102. The van der Waals surface area contributed by atoms with Gasteiger partial charge in [0.2, 0.25) is 0 Å². The van der Waals surface area contributed by atoms with E-state index in [4.69, 9.17) is 0 Å². The van der Waals surface area contributed by atoms with Crippen LogP contribution in [-0.4, -0.2) is 32.4 Å². The van der Waals surface area contributed by atoms with Crippen molar-refractivity contribution in [1.29, 1.82) is 0 Å². The van der Waals surface area contributed by atoms with E-state index in [2.05, 4.69) is 25.5 Å². The van der Waals surface area contributed by atoms with E-state index in [0.29, 0.717) is 28.3 Å². The highest BCUT2D eigenvalue weighted by atomic mass is 16.1. The Bertz CT molecular complexity index is 1070. The lowest BCUT2D eigenvalue weighted by Crippen LogP contribution is -2.11. The van der Waals surface area contributed by atoms with Gasteiger partial charge in [-0.1, -0.05) is 18.2 Å². The smallest absolute Gasteiger partial charge is 0.255 e. The Labute approximate surface area is 142 Å². The van der Waals surface area contributed by atoms with Crippen molar-refractivity contribution < 1.29 is 9.59 Å². The number of nitrogens with one attached hydrogen (secondary N) is 3. The number of benzene rings is 2. The average molecular weight is 331 g/mol. The van der Waals surface area contributed by atoms with Crippen LogP contribution >= 0.6 is 0 Å². The van der Waals surface area contributed by atoms with Crippen LogP contribution in [0.25, 0.3) is 22.6 Å². The summed E-state index contributed by atoms with van der Waals surface area (Å²) in [5, 5.41) is 9.66. The molecule has 7 heteroatoms. The minimum absolute atomic E-state index is 0.234. The summed E-state index contributed by atoms with van der Waals surface area (Å²) in [7, 11) is 0. The number of rotatable bonds is 4. The fourth-order valence-corrected chi connectivity index (χ4v) is 2.56. The molecule has 0 atom stereocenters. The standard InChI is InChI=1S/C18H13N5O2/c24-10-11-6-7-13-14(8-11)21-17(20-13)16-15(9-19-23-16)22-18(25)12-4-2-1-3-5-12/h1-10H,(H,19,23)(H,20,21)(H,22,25). The molecule has 0 saturated carbocycles. The van der Waals surface area contributed by atoms with Gasteiger partial charge in [-0.05, 0) is 30.3 Å². The minimum atomic E-state index is -0.234.